The van der Waals surface area contributed by atoms with Crippen molar-refractivity contribution in [3.63, 3.8) is 0 Å². The average molecular weight is 487 g/mol. The Morgan fingerprint density at radius 1 is 1.10 bits per heavy atom. The van der Waals surface area contributed by atoms with Crippen LogP contribution in [0.1, 0.15) is 20.9 Å². The van der Waals surface area contributed by atoms with Crippen LogP contribution in [0.5, 0.6) is 0 Å². The Morgan fingerprint density at radius 3 is 2.47 bits per heavy atom. The highest BCUT2D eigenvalue weighted by molar-refractivity contribution is 9.10. The number of halogens is 1. The fraction of sp³-hybridized carbons (Fsp3) is 0.150. The van der Waals surface area contributed by atoms with E-state index in [4.69, 9.17) is 0 Å². The largest absolute Gasteiger partial charge is 0.378 e. The van der Waals surface area contributed by atoms with E-state index in [-0.39, 0.29) is 18.2 Å². The van der Waals surface area contributed by atoms with Crippen molar-refractivity contribution < 1.29 is 9.59 Å². The second-order valence-electron chi connectivity index (χ2n) is 6.42. The molecule has 0 bridgehead atoms. The number of nitrogens with zero attached hydrogens (tertiary/aromatic N) is 4. The average Bonchev–Trinajstić information content (AvgIpc) is 3.15. The van der Waals surface area contributed by atoms with Crippen molar-refractivity contribution in [2.45, 2.75) is 6.42 Å². The Hall–Kier alpha value is -3.11. The zero-order valence-electron chi connectivity index (χ0n) is 16.3. The van der Waals surface area contributed by atoms with Crippen LogP contribution in [0.3, 0.4) is 0 Å². The van der Waals surface area contributed by atoms with Crippen LogP contribution in [0.15, 0.2) is 58.1 Å². The van der Waals surface area contributed by atoms with Gasteiger partial charge in [-0.2, -0.15) is 5.10 Å². The molecule has 0 spiro atoms. The van der Waals surface area contributed by atoms with Gasteiger partial charge in [-0.25, -0.2) is 5.43 Å². The molecule has 1 aromatic heterocycles. The maximum atomic E-state index is 12.2. The molecule has 1 heterocycles. The van der Waals surface area contributed by atoms with Crippen LogP contribution in [-0.4, -0.2) is 42.3 Å². The van der Waals surface area contributed by atoms with Crippen molar-refractivity contribution in [3.8, 4) is 0 Å². The lowest BCUT2D eigenvalue weighted by Gasteiger charge is -2.11. The summed E-state index contributed by atoms with van der Waals surface area (Å²) in [6.07, 6.45) is 1.59. The molecule has 0 aliphatic rings. The van der Waals surface area contributed by atoms with Crippen molar-refractivity contribution in [2.24, 2.45) is 5.10 Å². The number of aromatic nitrogens is 2. The maximum Gasteiger partial charge on any atom is 0.257 e. The van der Waals surface area contributed by atoms with Gasteiger partial charge in [-0.3, -0.25) is 14.9 Å². The standard InChI is InChI=1S/C20H19BrN6O2S/c1-27(2)16-9-3-13(4-10-16)12-22-24-17(28)11-18-25-26-20(30-18)23-19(29)14-5-7-15(21)8-6-14/h3-10,12H,11H2,1-2H3,(H,24,28)(H,23,26,29)/b22-12-. The first kappa shape index (κ1) is 21.6. The van der Waals surface area contributed by atoms with Crippen molar-refractivity contribution >= 4 is 56.1 Å². The Balaban J connectivity index is 1.49. The summed E-state index contributed by atoms with van der Waals surface area (Å²) in [5.74, 6) is -0.613. The number of hydrogen-bond acceptors (Lipinski definition) is 7. The number of carbonyl (C=O) groups excluding carboxylic acids is 2. The number of nitrogens with one attached hydrogen (secondary N) is 2. The summed E-state index contributed by atoms with van der Waals surface area (Å²) in [6, 6.07) is 14.7. The van der Waals surface area contributed by atoms with Crippen LogP contribution in [0.2, 0.25) is 0 Å². The molecule has 30 heavy (non-hydrogen) atoms. The van der Waals surface area contributed by atoms with Gasteiger partial charge < -0.3 is 4.90 Å². The van der Waals surface area contributed by atoms with Gasteiger partial charge in [0.15, 0.2) is 0 Å². The lowest BCUT2D eigenvalue weighted by molar-refractivity contribution is -0.120. The van der Waals surface area contributed by atoms with E-state index >= 15 is 0 Å². The highest BCUT2D eigenvalue weighted by atomic mass is 79.9. The second-order valence-corrected chi connectivity index (χ2v) is 8.40. The zero-order valence-corrected chi connectivity index (χ0v) is 18.7. The molecule has 3 aromatic rings. The van der Waals surface area contributed by atoms with Crippen LogP contribution in [0, 0.1) is 0 Å². The van der Waals surface area contributed by atoms with E-state index in [2.05, 4.69) is 42.0 Å². The number of carbonyl (C=O) groups is 2. The van der Waals surface area contributed by atoms with Crippen LogP contribution in [-0.2, 0) is 11.2 Å². The van der Waals surface area contributed by atoms with Crippen LogP contribution in [0.4, 0.5) is 10.8 Å². The molecule has 154 valence electrons. The highest BCUT2D eigenvalue weighted by Gasteiger charge is 2.12. The Kier molecular flexibility index (Phi) is 7.26. The second kappa shape index (κ2) is 10.1. The number of benzene rings is 2. The van der Waals surface area contributed by atoms with E-state index in [1.54, 1.807) is 30.5 Å². The third-order valence-electron chi connectivity index (χ3n) is 3.92. The summed E-state index contributed by atoms with van der Waals surface area (Å²) in [5.41, 5.74) is 4.92. The Labute approximate surface area is 186 Å². The van der Waals surface area contributed by atoms with Gasteiger partial charge in [0.05, 0.1) is 12.6 Å². The minimum atomic E-state index is -0.321. The number of hydrogen-bond donors (Lipinski definition) is 2. The van der Waals surface area contributed by atoms with Crippen LogP contribution < -0.4 is 15.6 Å². The fourth-order valence-corrected chi connectivity index (χ4v) is 3.36. The first-order valence-corrected chi connectivity index (χ1v) is 10.5. The molecular formula is C20H19BrN6O2S. The number of hydrazone groups is 1. The SMILES string of the molecule is CN(C)c1ccc(/C=N\NC(=O)Cc2nnc(NC(=O)c3ccc(Br)cc3)s2)cc1. The molecule has 8 nitrogen and oxygen atoms in total. The van der Waals surface area contributed by atoms with E-state index in [1.807, 2.05) is 43.3 Å². The van der Waals surface area contributed by atoms with Crippen LogP contribution in [0.25, 0.3) is 0 Å². The Morgan fingerprint density at radius 2 is 1.80 bits per heavy atom. The topological polar surface area (TPSA) is 99.6 Å². The minimum Gasteiger partial charge on any atom is -0.378 e. The fourth-order valence-electron chi connectivity index (χ4n) is 2.36. The minimum absolute atomic E-state index is 0.0166. The molecule has 0 fully saturated rings. The van der Waals surface area contributed by atoms with E-state index in [9.17, 15) is 9.59 Å². The first-order chi connectivity index (χ1) is 14.4. The van der Waals surface area contributed by atoms with Gasteiger partial charge >= 0.3 is 0 Å². The van der Waals surface area contributed by atoms with E-state index in [0.29, 0.717) is 15.7 Å². The molecule has 2 aromatic carbocycles. The predicted molar refractivity (Wildman–Crippen MR) is 122 cm³/mol. The van der Waals surface area contributed by atoms with Crippen molar-refractivity contribution in [1.29, 1.82) is 0 Å². The van der Waals surface area contributed by atoms with E-state index in [1.165, 1.54) is 0 Å². The summed E-state index contributed by atoms with van der Waals surface area (Å²) in [5, 5.41) is 15.3. The summed E-state index contributed by atoms with van der Waals surface area (Å²) >= 11 is 4.47. The van der Waals surface area contributed by atoms with Crippen molar-refractivity contribution in [2.75, 3.05) is 24.3 Å². The summed E-state index contributed by atoms with van der Waals surface area (Å²) < 4.78 is 0.886. The Bertz CT molecular complexity index is 1050. The van der Waals surface area contributed by atoms with Gasteiger partial charge in [0.2, 0.25) is 11.0 Å². The summed E-state index contributed by atoms with van der Waals surface area (Å²) in [6.45, 7) is 0. The zero-order chi connectivity index (χ0) is 21.5. The van der Waals surface area contributed by atoms with Crippen LogP contribution >= 0.6 is 27.3 Å². The lowest BCUT2D eigenvalue weighted by Crippen LogP contribution is -2.19. The molecule has 10 heteroatoms. The molecule has 2 amide bonds. The molecule has 0 saturated heterocycles. The molecule has 0 aliphatic heterocycles. The molecule has 0 atom stereocenters. The van der Waals surface area contributed by atoms with Gasteiger partial charge in [-0.15, -0.1) is 10.2 Å². The van der Waals surface area contributed by atoms with Gasteiger partial charge in [0.1, 0.15) is 5.01 Å². The predicted octanol–water partition coefficient (Wildman–Crippen LogP) is 3.31. The third kappa shape index (κ3) is 6.19. The molecule has 0 saturated carbocycles. The quantitative estimate of drug-likeness (QED) is 0.394. The molecule has 0 aliphatic carbocycles. The summed E-state index contributed by atoms with van der Waals surface area (Å²) in [7, 11) is 3.93. The number of rotatable bonds is 7. The molecule has 0 unspecified atom stereocenters. The van der Waals surface area contributed by atoms with Crippen molar-refractivity contribution in [3.05, 3.63) is 69.1 Å². The maximum absolute atomic E-state index is 12.2. The monoisotopic (exact) mass is 486 g/mol. The van der Waals surface area contributed by atoms with Gasteiger partial charge in [-0.1, -0.05) is 39.4 Å². The molecule has 3 rings (SSSR count). The van der Waals surface area contributed by atoms with Gasteiger partial charge in [0.25, 0.3) is 5.91 Å². The third-order valence-corrected chi connectivity index (χ3v) is 5.29. The first-order valence-electron chi connectivity index (χ1n) is 8.89. The summed E-state index contributed by atoms with van der Waals surface area (Å²) in [4.78, 5) is 26.2. The number of anilines is 2. The smallest absolute Gasteiger partial charge is 0.257 e. The van der Waals surface area contributed by atoms with Gasteiger partial charge in [-0.05, 0) is 42.0 Å². The molecule has 2 N–H and O–H groups in total. The highest BCUT2D eigenvalue weighted by Crippen LogP contribution is 2.18. The molecule has 0 radical (unpaired) electrons. The number of amides is 2. The normalized spacial score (nSPS) is 10.8. The van der Waals surface area contributed by atoms with E-state index < -0.39 is 0 Å². The van der Waals surface area contributed by atoms with Crippen molar-refractivity contribution in [1.82, 2.24) is 15.6 Å². The molecular weight excluding hydrogens is 468 g/mol. The van der Waals surface area contributed by atoms with E-state index in [0.717, 1.165) is 27.1 Å². The lowest BCUT2D eigenvalue weighted by atomic mass is 10.2. The van der Waals surface area contributed by atoms with Gasteiger partial charge in [0, 0.05) is 29.8 Å².